The van der Waals surface area contributed by atoms with Gasteiger partial charge in [-0.1, -0.05) is 28.9 Å². The lowest BCUT2D eigenvalue weighted by molar-refractivity contribution is 0.497. The summed E-state index contributed by atoms with van der Waals surface area (Å²) < 4.78 is 14.2. The maximum absolute atomic E-state index is 13.3. The van der Waals surface area contributed by atoms with E-state index in [0.717, 1.165) is 35.8 Å². The van der Waals surface area contributed by atoms with Crippen LogP contribution in [0.15, 0.2) is 35.3 Å². The molecule has 0 aliphatic heterocycles. The molecule has 1 atom stereocenters. The summed E-state index contributed by atoms with van der Waals surface area (Å²) in [4.78, 5) is 0. The number of rotatable bonds is 7. The van der Waals surface area contributed by atoms with Crippen LogP contribution in [0.1, 0.15) is 37.8 Å². The van der Waals surface area contributed by atoms with Gasteiger partial charge in [-0.2, -0.15) is 0 Å². The van der Waals surface area contributed by atoms with E-state index in [1.807, 2.05) is 6.08 Å². The Kier molecular flexibility index (Phi) is 6.45. The first-order valence-corrected chi connectivity index (χ1v) is 6.77. The molecule has 1 rings (SSSR count). The molecule has 0 heterocycles. The highest BCUT2D eigenvalue weighted by Crippen LogP contribution is 2.27. The zero-order chi connectivity index (χ0) is 12.7. The Bertz CT molecular complexity index is 365. The largest absolute Gasteiger partial charge is 0.310 e. The Morgan fingerprint density at radius 1 is 1.53 bits per heavy atom. The summed E-state index contributed by atoms with van der Waals surface area (Å²) in [6, 6.07) is 5.01. The van der Waals surface area contributed by atoms with Crippen LogP contribution >= 0.6 is 15.9 Å². The van der Waals surface area contributed by atoms with Crippen molar-refractivity contribution in [2.75, 3.05) is 6.54 Å². The van der Waals surface area contributed by atoms with E-state index >= 15 is 0 Å². The Morgan fingerprint density at radius 2 is 2.29 bits per heavy atom. The Morgan fingerprint density at radius 3 is 2.94 bits per heavy atom. The molecule has 94 valence electrons. The maximum atomic E-state index is 13.3. The molecule has 0 saturated carbocycles. The Balaban J connectivity index is 2.85. The van der Waals surface area contributed by atoms with Crippen molar-refractivity contribution in [1.82, 2.24) is 5.32 Å². The van der Waals surface area contributed by atoms with Gasteiger partial charge in [0.15, 0.2) is 0 Å². The molecule has 0 saturated heterocycles. The molecule has 0 amide bonds. The number of benzene rings is 1. The van der Waals surface area contributed by atoms with Gasteiger partial charge in [0.1, 0.15) is 5.82 Å². The standard InChI is InChI=1S/C14H19BrFN/c1-3-5-6-14(17-9-4-2)12-10-11(16)7-8-13(12)15/h3,7-8,10,14,17H,1,4-6,9H2,2H3. The molecule has 1 aromatic rings. The number of allylic oxidation sites excluding steroid dienone is 1. The SMILES string of the molecule is C=CCCC(NCCC)c1cc(F)ccc1Br. The summed E-state index contributed by atoms with van der Waals surface area (Å²) >= 11 is 3.48. The summed E-state index contributed by atoms with van der Waals surface area (Å²) in [5, 5.41) is 3.44. The third-order valence-corrected chi connectivity index (χ3v) is 3.36. The predicted octanol–water partition coefficient (Wildman–Crippen LogP) is 4.60. The summed E-state index contributed by atoms with van der Waals surface area (Å²) in [5.74, 6) is -0.190. The van der Waals surface area contributed by atoms with Crippen molar-refractivity contribution >= 4 is 15.9 Å². The van der Waals surface area contributed by atoms with E-state index in [-0.39, 0.29) is 11.9 Å². The van der Waals surface area contributed by atoms with Crippen LogP contribution in [0.2, 0.25) is 0 Å². The predicted molar refractivity (Wildman–Crippen MR) is 74.6 cm³/mol. The lowest BCUT2D eigenvalue weighted by atomic mass is 10.0. The summed E-state index contributed by atoms with van der Waals surface area (Å²) in [5.41, 5.74) is 0.986. The van der Waals surface area contributed by atoms with E-state index in [4.69, 9.17) is 0 Å². The van der Waals surface area contributed by atoms with Crippen molar-refractivity contribution < 1.29 is 4.39 Å². The molecular formula is C14H19BrFN. The van der Waals surface area contributed by atoms with Crippen molar-refractivity contribution in [2.45, 2.75) is 32.2 Å². The molecule has 0 aromatic heterocycles. The first kappa shape index (κ1) is 14.4. The van der Waals surface area contributed by atoms with Crippen LogP contribution < -0.4 is 5.32 Å². The van der Waals surface area contributed by atoms with Gasteiger partial charge in [0.25, 0.3) is 0 Å². The van der Waals surface area contributed by atoms with E-state index < -0.39 is 0 Å². The molecular weight excluding hydrogens is 281 g/mol. The van der Waals surface area contributed by atoms with E-state index in [9.17, 15) is 4.39 Å². The van der Waals surface area contributed by atoms with Crippen molar-refractivity contribution in [1.29, 1.82) is 0 Å². The van der Waals surface area contributed by atoms with Crippen LogP contribution in [0.3, 0.4) is 0 Å². The summed E-state index contributed by atoms with van der Waals surface area (Å²) in [7, 11) is 0. The fraction of sp³-hybridized carbons (Fsp3) is 0.429. The van der Waals surface area contributed by atoms with E-state index in [1.165, 1.54) is 6.07 Å². The average molecular weight is 300 g/mol. The highest BCUT2D eigenvalue weighted by molar-refractivity contribution is 9.10. The van der Waals surface area contributed by atoms with E-state index in [1.54, 1.807) is 12.1 Å². The second kappa shape index (κ2) is 7.62. The zero-order valence-corrected chi connectivity index (χ0v) is 11.8. The second-order valence-corrected chi connectivity index (χ2v) is 4.89. The second-order valence-electron chi connectivity index (χ2n) is 4.04. The monoisotopic (exact) mass is 299 g/mol. The van der Waals surface area contributed by atoms with Crippen molar-refractivity contribution in [3.05, 3.63) is 46.7 Å². The van der Waals surface area contributed by atoms with Gasteiger partial charge in [-0.25, -0.2) is 4.39 Å². The minimum atomic E-state index is -0.190. The van der Waals surface area contributed by atoms with Crippen LogP contribution in [-0.2, 0) is 0 Å². The first-order chi connectivity index (χ1) is 8.19. The molecule has 0 bridgehead atoms. The van der Waals surface area contributed by atoms with Crippen LogP contribution in [0.5, 0.6) is 0 Å². The molecule has 3 heteroatoms. The van der Waals surface area contributed by atoms with Gasteiger partial charge in [-0.05, 0) is 49.6 Å². The van der Waals surface area contributed by atoms with Gasteiger partial charge >= 0.3 is 0 Å². The quantitative estimate of drug-likeness (QED) is 0.726. The molecule has 0 radical (unpaired) electrons. The molecule has 1 N–H and O–H groups in total. The molecule has 0 aliphatic carbocycles. The normalized spacial score (nSPS) is 12.4. The van der Waals surface area contributed by atoms with Crippen molar-refractivity contribution in [3.63, 3.8) is 0 Å². The van der Waals surface area contributed by atoms with Crippen LogP contribution in [-0.4, -0.2) is 6.54 Å². The minimum absolute atomic E-state index is 0.179. The average Bonchev–Trinajstić information content (AvgIpc) is 2.33. The smallest absolute Gasteiger partial charge is 0.123 e. The Hall–Kier alpha value is -0.670. The highest BCUT2D eigenvalue weighted by Gasteiger charge is 2.13. The number of halogens is 2. The van der Waals surface area contributed by atoms with Gasteiger partial charge < -0.3 is 5.32 Å². The fourth-order valence-corrected chi connectivity index (χ4v) is 2.28. The Labute approximate surface area is 111 Å². The molecule has 0 aliphatic rings. The molecule has 1 aromatic carbocycles. The lowest BCUT2D eigenvalue weighted by Gasteiger charge is -2.19. The molecule has 17 heavy (non-hydrogen) atoms. The van der Waals surface area contributed by atoms with Crippen LogP contribution in [0.25, 0.3) is 0 Å². The number of hydrogen-bond acceptors (Lipinski definition) is 1. The summed E-state index contributed by atoms with van der Waals surface area (Å²) in [6.07, 6.45) is 4.82. The maximum Gasteiger partial charge on any atom is 0.123 e. The first-order valence-electron chi connectivity index (χ1n) is 5.98. The zero-order valence-electron chi connectivity index (χ0n) is 10.2. The van der Waals surface area contributed by atoms with Gasteiger partial charge in [-0.15, -0.1) is 6.58 Å². The van der Waals surface area contributed by atoms with Crippen molar-refractivity contribution in [2.24, 2.45) is 0 Å². The number of nitrogens with one attached hydrogen (secondary N) is 1. The minimum Gasteiger partial charge on any atom is -0.310 e. The summed E-state index contributed by atoms with van der Waals surface area (Å²) in [6.45, 7) is 6.79. The molecule has 1 unspecified atom stereocenters. The molecule has 1 nitrogen and oxygen atoms in total. The van der Waals surface area contributed by atoms with E-state index in [0.29, 0.717) is 0 Å². The van der Waals surface area contributed by atoms with Crippen molar-refractivity contribution in [3.8, 4) is 0 Å². The van der Waals surface area contributed by atoms with Gasteiger partial charge in [0, 0.05) is 10.5 Å². The number of hydrogen-bond donors (Lipinski definition) is 1. The van der Waals surface area contributed by atoms with Crippen LogP contribution in [0.4, 0.5) is 4.39 Å². The molecule has 0 spiro atoms. The van der Waals surface area contributed by atoms with E-state index in [2.05, 4.69) is 34.7 Å². The third-order valence-electron chi connectivity index (χ3n) is 2.63. The lowest BCUT2D eigenvalue weighted by Crippen LogP contribution is -2.22. The van der Waals surface area contributed by atoms with Crippen LogP contribution in [0, 0.1) is 5.82 Å². The fourth-order valence-electron chi connectivity index (χ4n) is 1.75. The highest BCUT2D eigenvalue weighted by atomic mass is 79.9. The molecule has 0 fully saturated rings. The van der Waals surface area contributed by atoms with Gasteiger partial charge in [0.2, 0.25) is 0 Å². The third kappa shape index (κ3) is 4.60. The van der Waals surface area contributed by atoms with Gasteiger partial charge in [0.05, 0.1) is 0 Å². The topological polar surface area (TPSA) is 12.0 Å². The van der Waals surface area contributed by atoms with Gasteiger partial charge in [-0.3, -0.25) is 0 Å².